The van der Waals surface area contributed by atoms with Gasteiger partial charge in [0.05, 0.1) is 18.8 Å². The van der Waals surface area contributed by atoms with E-state index in [9.17, 15) is 0 Å². The third kappa shape index (κ3) is 1.18. The fraction of sp³-hybridized carbons (Fsp3) is 0.700. The largest absolute Gasteiger partial charge is 0.394 e. The van der Waals surface area contributed by atoms with Crippen LogP contribution in [0.3, 0.4) is 0 Å². The number of hydrogen-bond acceptors (Lipinski definition) is 3. The van der Waals surface area contributed by atoms with Gasteiger partial charge in [-0.15, -0.1) is 0 Å². The average Bonchev–Trinajstić information content (AvgIpc) is 2.73. The summed E-state index contributed by atoms with van der Waals surface area (Å²) in [6, 6.07) is 1.17. The van der Waals surface area contributed by atoms with Crippen LogP contribution in [0.1, 0.15) is 30.1 Å². The monoisotopic (exact) mass is 193 g/mol. The summed E-state index contributed by atoms with van der Waals surface area (Å²) in [4.78, 5) is 0. The Hall–Kier alpha value is -0.870. The van der Waals surface area contributed by atoms with Crippen LogP contribution in [0.25, 0.3) is 0 Å². The number of hydrogen-bond donors (Lipinski definition) is 2. The minimum Gasteiger partial charge on any atom is -0.394 e. The summed E-state index contributed by atoms with van der Waals surface area (Å²) in [6.45, 7) is 0.784. The van der Waals surface area contributed by atoms with Crippen molar-refractivity contribution in [2.45, 2.75) is 37.9 Å². The van der Waals surface area contributed by atoms with E-state index < -0.39 is 0 Å². The van der Waals surface area contributed by atoms with Crippen molar-refractivity contribution in [3.05, 3.63) is 17.5 Å². The number of aliphatic hydroxyl groups is 1. The molecular weight excluding hydrogens is 178 g/mol. The molecule has 0 radical (unpaired) electrons. The topological polar surface area (TPSA) is 50.1 Å². The third-order valence-corrected chi connectivity index (χ3v) is 3.26. The van der Waals surface area contributed by atoms with Gasteiger partial charge in [0.1, 0.15) is 0 Å². The molecule has 2 atom stereocenters. The van der Waals surface area contributed by atoms with Gasteiger partial charge in [0.2, 0.25) is 0 Å². The van der Waals surface area contributed by atoms with Crippen molar-refractivity contribution in [3.8, 4) is 0 Å². The zero-order valence-corrected chi connectivity index (χ0v) is 8.11. The maximum atomic E-state index is 8.84. The third-order valence-electron chi connectivity index (χ3n) is 3.26. The number of nitrogens with zero attached hydrogens (tertiary/aromatic N) is 2. The summed E-state index contributed by atoms with van der Waals surface area (Å²) in [5.74, 6) is 0. The van der Waals surface area contributed by atoms with Crippen LogP contribution >= 0.6 is 0 Å². The van der Waals surface area contributed by atoms with Gasteiger partial charge in [0.25, 0.3) is 0 Å². The van der Waals surface area contributed by atoms with Crippen LogP contribution < -0.4 is 5.32 Å². The lowest BCUT2D eigenvalue weighted by atomic mass is 10.0. The summed E-state index contributed by atoms with van der Waals surface area (Å²) < 4.78 is 1.87. The van der Waals surface area contributed by atoms with E-state index in [1.54, 1.807) is 0 Å². The normalized spacial score (nSPS) is 29.2. The molecule has 4 nitrogen and oxygen atoms in total. The standard InChI is InChI=1S/C10H15N3O/c14-4-3-13-6-8-9-2-1-7(11-9)5-10(8)12-13/h6-7,9,11,14H,1-5H2. The van der Waals surface area contributed by atoms with Gasteiger partial charge in [0.15, 0.2) is 0 Å². The zero-order valence-electron chi connectivity index (χ0n) is 8.11. The maximum Gasteiger partial charge on any atom is 0.0687 e. The number of aromatic nitrogens is 2. The predicted molar refractivity (Wildman–Crippen MR) is 51.9 cm³/mol. The Bertz CT molecular complexity index is 347. The fourth-order valence-corrected chi connectivity index (χ4v) is 2.60. The molecule has 3 rings (SSSR count). The molecule has 1 aromatic rings. The minimum absolute atomic E-state index is 0.169. The van der Waals surface area contributed by atoms with Crippen LogP contribution in [0.5, 0.6) is 0 Å². The van der Waals surface area contributed by atoms with E-state index in [0.717, 1.165) is 6.42 Å². The van der Waals surface area contributed by atoms with Gasteiger partial charge in [-0.3, -0.25) is 4.68 Å². The summed E-state index contributed by atoms with van der Waals surface area (Å²) in [5.41, 5.74) is 2.59. The van der Waals surface area contributed by atoms with Crippen molar-refractivity contribution in [1.29, 1.82) is 0 Å². The Balaban J connectivity index is 1.94. The van der Waals surface area contributed by atoms with Gasteiger partial charge < -0.3 is 10.4 Å². The molecule has 2 bridgehead atoms. The van der Waals surface area contributed by atoms with Crippen molar-refractivity contribution in [2.75, 3.05) is 6.61 Å². The first kappa shape index (κ1) is 8.44. The number of rotatable bonds is 2. The van der Waals surface area contributed by atoms with Crippen molar-refractivity contribution < 1.29 is 5.11 Å². The van der Waals surface area contributed by atoms with Crippen molar-refractivity contribution in [3.63, 3.8) is 0 Å². The fourth-order valence-electron chi connectivity index (χ4n) is 2.60. The van der Waals surface area contributed by atoms with Crippen molar-refractivity contribution >= 4 is 0 Å². The lowest BCUT2D eigenvalue weighted by molar-refractivity contribution is 0.269. The molecule has 2 aliphatic rings. The highest BCUT2D eigenvalue weighted by Gasteiger charge is 2.33. The second-order valence-electron chi connectivity index (χ2n) is 4.22. The maximum absolute atomic E-state index is 8.84. The lowest BCUT2D eigenvalue weighted by Crippen LogP contribution is -2.31. The van der Waals surface area contributed by atoms with Crippen LogP contribution in [0.2, 0.25) is 0 Å². The molecule has 1 saturated heterocycles. The predicted octanol–water partition coefficient (Wildman–Crippen LogP) is 0.225. The van der Waals surface area contributed by atoms with E-state index in [4.69, 9.17) is 5.11 Å². The first-order valence-electron chi connectivity index (χ1n) is 5.30. The molecule has 1 fully saturated rings. The van der Waals surface area contributed by atoms with E-state index in [2.05, 4.69) is 16.6 Å². The highest BCUT2D eigenvalue weighted by atomic mass is 16.3. The van der Waals surface area contributed by atoms with Gasteiger partial charge in [0, 0.05) is 30.3 Å². The van der Waals surface area contributed by atoms with Crippen LogP contribution in [-0.2, 0) is 13.0 Å². The van der Waals surface area contributed by atoms with E-state index in [1.165, 1.54) is 24.1 Å². The van der Waals surface area contributed by atoms with E-state index in [1.807, 2.05) is 4.68 Å². The second kappa shape index (κ2) is 3.07. The molecule has 0 spiro atoms. The van der Waals surface area contributed by atoms with E-state index in [-0.39, 0.29) is 6.61 Å². The minimum atomic E-state index is 0.169. The first-order chi connectivity index (χ1) is 6.86. The summed E-state index contributed by atoms with van der Waals surface area (Å²) in [5, 5.41) is 16.9. The quantitative estimate of drug-likeness (QED) is 0.706. The Morgan fingerprint density at radius 2 is 2.50 bits per heavy atom. The molecule has 14 heavy (non-hydrogen) atoms. The van der Waals surface area contributed by atoms with Crippen LogP contribution in [0.4, 0.5) is 0 Å². The second-order valence-corrected chi connectivity index (χ2v) is 4.22. The molecule has 0 aliphatic carbocycles. The van der Waals surface area contributed by atoms with Crippen LogP contribution in [0.15, 0.2) is 6.20 Å². The highest BCUT2D eigenvalue weighted by molar-refractivity contribution is 5.27. The molecule has 0 aromatic carbocycles. The van der Waals surface area contributed by atoms with Gasteiger partial charge >= 0.3 is 0 Å². The molecule has 2 aliphatic heterocycles. The van der Waals surface area contributed by atoms with E-state index in [0.29, 0.717) is 18.6 Å². The molecule has 4 heteroatoms. The molecular formula is C10H15N3O. The molecule has 3 heterocycles. The first-order valence-corrected chi connectivity index (χ1v) is 5.30. The van der Waals surface area contributed by atoms with Crippen molar-refractivity contribution in [2.24, 2.45) is 0 Å². The number of aliphatic hydroxyl groups excluding tert-OH is 1. The van der Waals surface area contributed by atoms with Crippen LogP contribution in [0, 0.1) is 0 Å². The Kier molecular flexibility index (Phi) is 1.85. The van der Waals surface area contributed by atoms with Gasteiger partial charge in [-0.05, 0) is 12.8 Å². The zero-order chi connectivity index (χ0) is 9.54. The molecule has 2 N–H and O–H groups in total. The molecule has 2 unspecified atom stereocenters. The SMILES string of the molecule is OCCn1cc2c(n1)CC1CCC2N1. The Morgan fingerprint density at radius 3 is 3.36 bits per heavy atom. The Morgan fingerprint density at radius 1 is 1.57 bits per heavy atom. The van der Waals surface area contributed by atoms with Crippen LogP contribution in [-0.4, -0.2) is 27.5 Å². The van der Waals surface area contributed by atoms with Gasteiger partial charge in [-0.2, -0.15) is 5.10 Å². The number of nitrogens with one attached hydrogen (secondary N) is 1. The molecule has 0 saturated carbocycles. The summed E-state index contributed by atoms with van der Waals surface area (Å²) in [6.07, 6.45) is 5.67. The average molecular weight is 193 g/mol. The smallest absolute Gasteiger partial charge is 0.0687 e. The van der Waals surface area contributed by atoms with E-state index >= 15 is 0 Å². The Labute approximate surface area is 82.9 Å². The van der Waals surface area contributed by atoms with Gasteiger partial charge in [-0.25, -0.2) is 0 Å². The lowest BCUT2D eigenvalue weighted by Gasteiger charge is -2.19. The summed E-state index contributed by atoms with van der Waals surface area (Å²) in [7, 11) is 0. The van der Waals surface area contributed by atoms with Gasteiger partial charge in [-0.1, -0.05) is 0 Å². The molecule has 0 amide bonds. The number of fused-ring (bicyclic) bond motifs is 4. The molecule has 76 valence electrons. The summed E-state index contributed by atoms with van der Waals surface area (Å²) >= 11 is 0. The van der Waals surface area contributed by atoms with Crippen molar-refractivity contribution in [1.82, 2.24) is 15.1 Å². The molecule has 1 aromatic heterocycles. The highest BCUT2D eigenvalue weighted by Crippen LogP contribution is 2.34.